The summed E-state index contributed by atoms with van der Waals surface area (Å²) in [6.07, 6.45) is 3.22. The predicted molar refractivity (Wildman–Crippen MR) is 108 cm³/mol. The summed E-state index contributed by atoms with van der Waals surface area (Å²) < 4.78 is 16.6. The van der Waals surface area contributed by atoms with Crippen molar-refractivity contribution in [2.75, 3.05) is 17.6 Å². The fourth-order valence-electron chi connectivity index (χ4n) is 3.33. The first-order valence-electron chi connectivity index (χ1n) is 8.97. The van der Waals surface area contributed by atoms with E-state index in [1.54, 1.807) is 36.5 Å². The number of fused-ring (bicyclic) bond motifs is 1. The summed E-state index contributed by atoms with van der Waals surface area (Å²) >= 11 is 0. The van der Waals surface area contributed by atoms with Crippen molar-refractivity contribution in [3.05, 3.63) is 72.2 Å². The summed E-state index contributed by atoms with van der Waals surface area (Å²) in [4.78, 5) is 23.4. The Kier molecular flexibility index (Phi) is 4.59. The van der Waals surface area contributed by atoms with Gasteiger partial charge in [0.05, 0.1) is 5.69 Å². The van der Waals surface area contributed by atoms with Crippen LogP contribution in [-0.4, -0.2) is 28.1 Å². The zero-order chi connectivity index (χ0) is 20.5. The number of nitrogens with two attached hydrogens (primary N) is 1. The number of nitrogen functional groups attached to an aromatic ring is 1. The van der Waals surface area contributed by atoms with Crippen LogP contribution in [0.1, 0.15) is 15.9 Å². The lowest BCUT2D eigenvalue weighted by Gasteiger charge is -2.18. The third kappa shape index (κ3) is 3.36. The monoisotopic (exact) mass is 391 g/mol. The average Bonchev–Trinajstić information content (AvgIpc) is 3.10. The zero-order valence-electron chi connectivity index (χ0n) is 15.4. The maximum Gasteiger partial charge on any atom is 0.251 e. The molecule has 1 aliphatic rings. The molecule has 7 nitrogen and oxygen atoms in total. The van der Waals surface area contributed by atoms with Gasteiger partial charge in [-0.25, -0.2) is 9.07 Å². The summed E-state index contributed by atoms with van der Waals surface area (Å²) in [5.74, 6) is -0.915. The number of anilines is 2. The number of carbonyl (C=O) groups excluding carboxylic acids is 2. The van der Waals surface area contributed by atoms with Crippen molar-refractivity contribution in [2.24, 2.45) is 0 Å². The molecule has 4 rings (SSSR count). The first kappa shape index (κ1) is 18.4. The van der Waals surface area contributed by atoms with Crippen LogP contribution in [0.2, 0.25) is 0 Å². The highest BCUT2D eigenvalue weighted by Crippen LogP contribution is 2.32. The molecule has 3 aromatic rings. The van der Waals surface area contributed by atoms with Crippen molar-refractivity contribution in [1.82, 2.24) is 15.1 Å². The highest BCUT2D eigenvalue weighted by molar-refractivity contribution is 5.99. The number of rotatable bonds is 4. The van der Waals surface area contributed by atoms with Crippen LogP contribution in [0.5, 0.6) is 0 Å². The Balaban J connectivity index is 1.73. The van der Waals surface area contributed by atoms with Gasteiger partial charge in [-0.2, -0.15) is 5.10 Å². The van der Waals surface area contributed by atoms with Crippen LogP contribution in [-0.2, 0) is 11.2 Å². The fourth-order valence-corrected chi connectivity index (χ4v) is 3.33. The molecule has 8 heteroatoms. The van der Waals surface area contributed by atoms with Crippen molar-refractivity contribution in [1.29, 1.82) is 0 Å². The number of aromatic nitrogens is 2. The molecule has 2 amide bonds. The van der Waals surface area contributed by atoms with Gasteiger partial charge >= 0.3 is 0 Å². The largest absolute Gasteiger partial charge is 0.382 e. The van der Waals surface area contributed by atoms with Crippen molar-refractivity contribution < 1.29 is 14.0 Å². The second-order valence-corrected chi connectivity index (χ2v) is 6.58. The number of hydrogen-bond acceptors (Lipinski definition) is 4. The molecule has 0 fully saturated rings. The van der Waals surface area contributed by atoms with E-state index in [1.165, 1.54) is 16.8 Å². The minimum absolute atomic E-state index is 0.157. The Bertz CT molecular complexity index is 1150. The number of amides is 2. The lowest BCUT2D eigenvalue weighted by molar-refractivity contribution is -0.111. The molecule has 29 heavy (non-hydrogen) atoms. The smallest absolute Gasteiger partial charge is 0.251 e. The highest BCUT2D eigenvalue weighted by atomic mass is 19.1. The van der Waals surface area contributed by atoms with Gasteiger partial charge in [-0.1, -0.05) is 18.7 Å². The van der Waals surface area contributed by atoms with Gasteiger partial charge in [-0.15, -0.1) is 0 Å². The minimum atomic E-state index is -0.462. The summed E-state index contributed by atoms with van der Waals surface area (Å²) in [5, 5.41) is 9.66. The van der Waals surface area contributed by atoms with Gasteiger partial charge in [0.1, 0.15) is 5.82 Å². The maximum absolute atomic E-state index is 15.1. The van der Waals surface area contributed by atoms with E-state index in [0.717, 1.165) is 0 Å². The molecule has 0 radical (unpaired) electrons. The SMILES string of the molecule is C=CC(=O)Nc1cccc(-n2cc(-c3ccc4c(c3F)CCNC4=O)c(N)n2)c1. The molecule has 4 N–H and O–H groups in total. The Labute approximate surface area is 166 Å². The van der Waals surface area contributed by atoms with E-state index >= 15 is 4.39 Å². The Morgan fingerprint density at radius 2 is 2.07 bits per heavy atom. The van der Waals surface area contributed by atoms with E-state index in [4.69, 9.17) is 5.73 Å². The molecular formula is C21H18FN5O2. The standard InChI is InChI=1S/C21H18FN5O2/c1-2-18(28)25-12-4-3-5-13(10-12)27-11-17(20(23)26-27)14-6-7-16-15(19(14)22)8-9-24-21(16)29/h2-7,10-11H,1,8-9H2,(H2,23,26)(H,24,29)(H,25,28). The number of nitrogens with one attached hydrogen (secondary N) is 2. The van der Waals surface area contributed by atoms with Crippen molar-refractivity contribution in [3.63, 3.8) is 0 Å². The topological polar surface area (TPSA) is 102 Å². The van der Waals surface area contributed by atoms with E-state index in [0.29, 0.717) is 46.6 Å². The first-order chi connectivity index (χ1) is 14.0. The molecule has 0 saturated heterocycles. The molecule has 2 aromatic carbocycles. The van der Waals surface area contributed by atoms with Gasteiger partial charge in [0, 0.05) is 40.7 Å². The number of halogens is 1. The number of carbonyl (C=O) groups is 2. The molecule has 0 unspecified atom stereocenters. The van der Waals surface area contributed by atoms with Crippen LogP contribution < -0.4 is 16.4 Å². The Morgan fingerprint density at radius 3 is 2.86 bits per heavy atom. The van der Waals surface area contributed by atoms with Crippen LogP contribution in [0.4, 0.5) is 15.9 Å². The van der Waals surface area contributed by atoms with Crippen LogP contribution in [0, 0.1) is 5.82 Å². The van der Waals surface area contributed by atoms with Crippen LogP contribution in [0.25, 0.3) is 16.8 Å². The molecule has 1 aromatic heterocycles. The Hall–Kier alpha value is -3.94. The van der Waals surface area contributed by atoms with Crippen LogP contribution in [0.15, 0.2) is 55.3 Å². The lowest BCUT2D eigenvalue weighted by atomic mass is 9.94. The van der Waals surface area contributed by atoms with Gasteiger partial charge in [-0.3, -0.25) is 9.59 Å². The molecule has 0 atom stereocenters. The molecule has 0 bridgehead atoms. The van der Waals surface area contributed by atoms with Crippen LogP contribution in [0.3, 0.4) is 0 Å². The molecule has 2 heterocycles. The van der Waals surface area contributed by atoms with E-state index in [2.05, 4.69) is 22.3 Å². The normalized spacial score (nSPS) is 12.8. The minimum Gasteiger partial charge on any atom is -0.382 e. The fraction of sp³-hybridized carbons (Fsp3) is 0.0952. The number of hydrogen-bond donors (Lipinski definition) is 3. The average molecular weight is 391 g/mol. The number of benzene rings is 2. The summed E-state index contributed by atoms with van der Waals surface area (Å²) in [6.45, 7) is 3.82. The molecule has 146 valence electrons. The van der Waals surface area contributed by atoms with Gasteiger partial charge in [0.2, 0.25) is 5.91 Å². The quantitative estimate of drug-likeness (QED) is 0.595. The van der Waals surface area contributed by atoms with Gasteiger partial charge in [0.25, 0.3) is 5.91 Å². The zero-order valence-corrected chi connectivity index (χ0v) is 15.4. The van der Waals surface area contributed by atoms with Crippen LogP contribution >= 0.6 is 0 Å². The highest BCUT2D eigenvalue weighted by Gasteiger charge is 2.24. The molecule has 0 aliphatic carbocycles. The molecule has 0 saturated carbocycles. The third-order valence-electron chi connectivity index (χ3n) is 4.74. The van der Waals surface area contributed by atoms with Crippen molar-refractivity contribution in [3.8, 4) is 16.8 Å². The van der Waals surface area contributed by atoms with E-state index in [9.17, 15) is 9.59 Å². The second kappa shape index (κ2) is 7.23. The molecule has 0 spiro atoms. The second-order valence-electron chi connectivity index (χ2n) is 6.58. The van der Waals surface area contributed by atoms with Gasteiger partial charge in [-0.05, 0) is 36.8 Å². The Morgan fingerprint density at radius 1 is 1.28 bits per heavy atom. The van der Waals surface area contributed by atoms with Crippen molar-refractivity contribution >= 4 is 23.3 Å². The summed E-state index contributed by atoms with van der Waals surface area (Å²) in [5.41, 5.74) is 8.71. The van der Waals surface area contributed by atoms with Gasteiger partial charge in [0.15, 0.2) is 5.82 Å². The lowest BCUT2D eigenvalue weighted by Crippen LogP contribution is -2.32. The summed E-state index contributed by atoms with van der Waals surface area (Å²) in [6, 6.07) is 10.1. The van der Waals surface area contributed by atoms with Crippen molar-refractivity contribution in [2.45, 2.75) is 6.42 Å². The first-order valence-corrected chi connectivity index (χ1v) is 8.97. The van der Waals surface area contributed by atoms with E-state index in [-0.39, 0.29) is 17.6 Å². The summed E-state index contributed by atoms with van der Waals surface area (Å²) in [7, 11) is 0. The maximum atomic E-state index is 15.1. The van der Waals surface area contributed by atoms with E-state index in [1.807, 2.05) is 0 Å². The van der Waals surface area contributed by atoms with Gasteiger partial charge < -0.3 is 16.4 Å². The molecule has 1 aliphatic heterocycles. The molecular weight excluding hydrogens is 373 g/mol. The van der Waals surface area contributed by atoms with E-state index < -0.39 is 5.82 Å². The predicted octanol–water partition coefficient (Wildman–Crippen LogP) is 2.67. The third-order valence-corrected chi connectivity index (χ3v) is 4.74. The number of nitrogens with zero attached hydrogens (tertiary/aromatic N) is 2.